The predicted molar refractivity (Wildman–Crippen MR) is 132 cm³/mol. The highest BCUT2D eigenvalue weighted by Gasteiger charge is 2.38. The zero-order valence-corrected chi connectivity index (χ0v) is 21.5. The first-order valence-corrected chi connectivity index (χ1v) is 12.3. The number of alkyl halides is 3. The molecule has 3 aromatic rings. The molecule has 3 atom stereocenters. The van der Waals surface area contributed by atoms with Gasteiger partial charge in [0.25, 0.3) is 5.56 Å². The summed E-state index contributed by atoms with van der Waals surface area (Å²) in [7, 11) is 1.66. The van der Waals surface area contributed by atoms with Crippen LogP contribution >= 0.6 is 0 Å². The van der Waals surface area contributed by atoms with E-state index in [9.17, 15) is 22.4 Å². The van der Waals surface area contributed by atoms with Crippen LogP contribution in [0.25, 0.3) is 11.0 Å². The van der Waals surface area contributed by atoms with E-state index in [1.54, 1.807) is 26.2 Å². The lowest BCUT2D eigenvalue weighted by molar-refractivity contribution is -0.274. The van der Waals surface area contributed by atoms with Gasteiger partial charge in [-0.15, -0.1) is 13.2 Å². The molecule has 13 heteroatoms. The number of hydrogen-bond donors (Lipinski definition) is 0. The van der Waals surface area contributed by atoms with Crippen LogP contribution in [0.2, 0.25) is 0 Å². The fourth-order valence-corrected chi connectivity index (χ4v) is 5.15. The van der Waals surface area contributed by atoms with E-state index in [1.165, 1.54) is 9.25 Å². The number of hydrogen-bond acceptors (Lipinski definition) is 7. The van der Waals surface area contributed by atoms with Crippen LogP contribution < -0.4 is 15.2 Å². The molecule has 0 aliphatic carbocycles. The molecule has 1 aliphatic rings. The molecular weight excluding hydrogens is 506 g/mol. The first-order valence-electron chi connectivity index (χ1n) is 12.3. The molecule has 0 radical (unpaired) electrons. The van der Waals surface area contributed by atoms with Crippen molar-refractivity contribution in [3.8, 4) is 11.8 Å². The van der Waals surface area contributed by atoms with Crippen molar-refractivity contribution in [3.63, 3.8) is 0 Å². The number of anilines is 1. The molecule has 1 unspecified atom stereocenters. The quantitative estimate of drug-likeness (QED) is 0.420. The van der Waals surface area contributed by atoms with E-state index >= 15 is 0 Å². The van der Waals surface area contributed by atoms with Crippen LogP contribution in [0.15, 0.2) is 29.3 Å². The Balaban J connectivity index is 1.67. The molecule has 9 nitrogen and oxygen atoms in total. The fraction of sp³-hybridized carbons (Fsp3) is 0.520. The molecule has 4 heterocycles. The van der Waals surface area contributed by atoms with Crippen LogP contribution in [0.1, 0.15) is 45.3 Å². The van der Waals surface area contributed by atoms with E-state index < -0.39 is 24.0 Å². The predicted octanol–water partition coefficient (Wildman–Crippen LogP) is 4.13. The standard InChI is InChI=1S/C25H29F4N7O2/c1-5-16-13-36(20-10-22(37)33(4)21-14-34(8-7-30)32-24(20)21)17(6-2)12-35(16)15(3)23-19(26)9-18(11-31-23)38-25(27,28)29/h9-11,14-17H,5-6,8,12-13H2,1-4H3/t15?,16-,17+/m1/s1. The van der Waals surface area contributed by atoms with Crippen LogP contribution in [-0.2, 0) is 13.6 Å². The lowest BCUT2D eigenvalue weighted by Crippen LogP contribution is -2.59. The van der Waals surface area contributed by atoms with Crippen molar-refractivity contribution >= 4 is 16.7 Å². The summed E-state index contributed by atoms with van der Waals surface area (Å²) in [6.45, 7) is 6.87. The summed E-state index contributed by atoms with van der Waals surface area (Å²) in [4.78, 5) is 21.0. The summed E-state index contributed by atoms with van der Waals surface area (Å²) < 4.78 is 59.3. The summed E-state index contributed by atoms with van der Waals surface area (Å²) in [5.41, 5.74) is 1.75. The Morgan fingerprint density at radius 1 is 1.21 bits per heavy atom. The van der Waals surface area contributed by atoms with Gasteiger partial charge in [-0.1, -0.05) is 13.8 Å². The van der Waals surface area contributed by atoms with E-state index in [-0.39, 0.29) is 29.9 Å². The summed E-state index contributed by atoms with van der Waals surface area (Å²) in [6, 6.07) is 3.67. The number of aromatic nitrogens is 4. The highest BCUT2D eigenvalue weighted by Crippen LogP contribution is 2.35. The SMILES string of the molecule is CC[C@H]1CN(C(C)c2ncc(OC(F)(F)F)cc2F)[C@H](CC)CN1c1cc(=O)n(C)c2cn(CC#N)nc12. The average molecular weight is 536 g/mol. The first-order chi connectivity index (χ1) is 18.0. The van der Waals surface area contributed by atoms with Crippen molar-refractivity contribution in [2.75, 3.05) is 18.0 Å². The normalized spacial score (nSPS) is 19.5. The molecule has 4 rings (SSSR count). The van der Waals surface area contributed by atoms with Gasteiger partial charge in [-0.25, -0.2) is 4.39 Å². The lowest BCUT2D eigenvalue weighted by Gasteiger charge is -2.49. The number of ether oxygens (including phenoxy) is 1. The lowest BCUT2D eigenvalue weighted by atomic mass is 9.98. The molecule has 0 saturated carbocycles. The molecule has 3 aromatic heterocycles. The van der Waals surface area contributed by atoms with Crippen LogP contribution in [-0.4, -0.2) is 55.8 Å². The summed E-state index contributed by atoms with van der Waals surface area (Å²) >= 11 is 0. The monoisotopic (exact) mass is 535 g/mol. The van der Waals surface area contributed by atoms with E-state index in [1.807, 2.05) is 13.8 Å². The Bertz CT molecular complexity index is 1410. The van der Waals surface area contributed by atoms with Crippen LogP contribution in [0.5, 0.6) is 5.75 Å². The third-order valence-corrected chi connectivity index (χ3v) is 7.13. The minimum absolute atomic E-state index is 0.0347. The maximum absolute atomic E-state index is 14.9. The molecule has 0 amide bonds. The number of rotatable bonds is 7. The average Bonchev–Trinajstić information content (AvgIpc) is 3.28. The molecule has 1 fully saturated rings. The molecule has 0 bridgehead atoms. The second kappa shape index (κ2) is 10.6. The molecule has 1 aliphatic heterocycles. The number of halogens is 4. The largest absolute Gasteiger partial charge is 0.573 e. The van der Waals surface area contributed by atoms with Crippen molar-refractivity contribution in [2.24, 2.45) is 7.05 Å². The number of nitrogens with zero attached hydrogens (tertiary/aromatic N) is 7. The third kappa shape index (κ3) is 5.31. The topological polar surface area (TPSA) is 92.2 Å². The molecule has 0 N–H and O–H groups in total. The zero-order valence-electron chi connectivity index (χ0n) is 21.5. The second-order valence-electron chi connectivity index (χ2n) is 9.38. The molecule has 1 saturated heterocycles. The molecule has 38 heavy (non-hydrogen) atoms. The summed E-state index contributed by atoms with van der Waals surface area (Å²) in [6.07, 6.45) is -0.965. The minimum atomic E-state index is -4.94. The Morgan fingerprint density at radius 2 is 1.92 bits per heavy atom. The van der Waals surface area contributed by atoms with Crippen LogP contribution in [0.4, 0.5) is 23.2 Å². The molecule has 0 spiro atoms. The molecular formula is C25H29F4N7O2. The fourth-order valence-electron chi connectivity index (χ4n) is 5.15. The summed E-state index contributed by atoms with van der Waals surface area (Å²) in [5.74, 6) is -1.58. The van der Waals surface area contributed by atoms with Gasteiger partial charge in [0.1, 0.15) is 17.9 Å². The van der Waals surface area contributed by atoms with Crippen molar-refractivity contribution in [1.82, 2.24) is 24.2 Å². The van der Waals surface area contributed by atoms with Gasteiger partial charge >= 0.3 is 6.36 Å². The van der Waals surface area contributed by atoms with Gasteiger partial charge in [-0.05, 0) is 19.8 Å². The van der Waals surface area contributed by atoms with E-state index in [0.29, 0.717) is 48.7 Å². The molecule has 204 valence electrons. The third-order valence-electron chi connectivity index (χ3n) is 7.13. The maximum Gasteiger partial charge on any atom is 0.573 e. The van der Waals surface area contributed by atoms with Crippen molar-refractivity contribution in [2.45, 2.75) is 64.6 Å². The Labute approximate surface area is 216 Å². The number of pyridine rings is 2. The highest BCUT2D eigenvalue weighted by atomic mass is 19.4. The smallest absolute Gasteiger partial charge is 0.404 e. The van der Waals surface area contributed by atoms with E-state index in [4.69, 9.17) is 5.26 Å². The van der Waals surface area contributed by atoms with Gasteiger partial charge < -0.3 is 14.2 Å². The number of aryl methyl sites for hydroxylation is 1. The number of fused-ring (bicyclic) bond motifs is 1. The van der Waals surface area contributed by atoms with Gasteiger partial charge in [0.15, 0.2) is 5.75 Å². The van der Waals surface area contributed by atoms with E-state index in [0.717, 1.165) is 6.20 Å². The van der Waals surface area contributed by atoms with Gasteiger partial charge in [0.2, 0.25) is 0 Å². The van der Waals surface area contributed by atoms with Crippen LogP contribution in [0.3, 0.4) is 0 Å². The van der Waals surface area contributed by atoms with Gasteiger partial charge in [0.05, 0.1) is 41.4 Å². The Kier molecular flexibility index (Phi) is 7.64. The van der Waals surface area contributed by atoms with Gasteiger partial charge in [-0.3, -0.25) is 19.4 Å². The minimum Gasteiger partial charge on any atom is -0.404 e. The number of piperazine rings is 1. The van der Waals surface area contributed by atoms with Crippen molar-refractivity contribution in [1.29, 1.82) is 5.26 Å². The van der Waals surface area contributed by atoms with Crippen molar-refractivity contribution < 1.29 is 22.3 Å². The molecule has 0 aromatic carbocycles. The maximum atomic E-state index is 14.9. The Morgan fingerprint density at radius 3 is 2.53 bits per heavy atom. The van der Waals surface area contributed by atoms with Crippen LogP contribution in [0, 0.1) is 17.1 Å². The van der Waals surface area contributed by atoms with Gasteiger partial charge in [-0.2, -0.15) is 10.4 Å². The highest BCUT2D eigenvalue weighted by molar-refractivity contribution is 5.88. The number of nitriles is 1. The van der Waals surface area contributed by atoms with Gasteiger partial charge in [0, 0.05) is 44.4 Å². The van der Waals surface area contributed by atoms with Crippen molar-refractivity contribution in [3.05, 3.63) is 46.4 Å². The van der Waals surface area contributed by atoms with E-state index in [2.05, 4.69) is 30.7 Å². The summed E-state index contributed by atoms with van der Waals surface area (Å²) in [5, 5.41) is 13.7. The Hall–Kier alpha value is -3.66. The zero-order chi connectivity index (χ0) is 27.8. The second-order valence-corrected chi connectivity index (χ2v) is 9.38. The first kappa shape index (κ1) is 27.4.